The molecule has 6 unspecified atom stereocenters. The van der Waals surface area contributed by atoms with E-state index in [-0.39, 0.29) is 25.0 Å². The Labute approximate surface area is 192 Å². The first-order valence-corrected chi connectivity index (χ1v) is 10.9. The number of ether oxygens (including phenoxy) is 4. The molecule has 0 amide bonds. The molecule has 2 aliphatic carbocycles. The third kappa shape index (κ3) is 4.46. The Morgan fingerprint density at radius 2 is 1.88 bits per heavy atom. The summed E-state index contributed by atoms with van der Waals surface area (Å²) in [6.45, 7) is 11.2. The third-order valence-electron chi connectivity index (χ3n) is 6.81. The predicted octanol–water partition coefficient (Wildman–Crippen LogP) is 1.93. The van der Waals surface area contributed by atoms with Gasteiger partial charge in [-0.1, -0.05) is 19.6 Å². The molecule has 0 radical (unpaired) electrons. The normalized spacial score (nSPS) is 33.6. The van der Waals surface area contributed by atoms with E-state index in [1.54, 1.807) is 26.8 Å². The summed E-state index contributed by atoms with van der Waals surface area (Å²) in [5.74, 6) is -3.02. The van der Waals surface area contributed by atoms with E-state index in [1.807, 2.05) is 0 Å². The van der Waals surface area contributed by atoms with Gasteiger partial charge in [0.25, 0.3) is 0 Å². The van der Waals surface area contributed by atoms with Gasteiger partial charge in [-0.15, -0.1) is 0 Å². The molecule has 0 aromatic rings. The highest BCUT2D eigenvalue weighted by atomic mass is 16.6. The third-order valence-corrected chi connectivity index (χ3v) is 6.81. The second-order valence-corrected chi connectivity index (χ2v) is 8.98. The maximum absolute atomic E-state index is 12.8. The van der Waals surface area contributed by atoms with Gasteiger partial charge in [-0.25, -0.2) is 9.59 Å². The molecule has 0 aromatic carbocycles. The van der Waals surface area contributed by atoms with Crippen LogP contribution in [0.1, 0.15) is 47.5 Å². The Kier molecular flexibility index (Phi) is 6.83. The van der Waals surface area contributed by atoms with E-state index in [0.29, 0.717) is 16.7 Å². The van der Waals surface area contributed by atoms with Crippen LogP contribution in [0, 0.1) is 11.3 Å². The minimum Gasteiger partial charge on any atom is -0.461 e. The average molecular weight is 462 g/mol. The lowest BCUT2D eigenvalue weighted by Gasteiger charge is -2.52. The SMILES string of the molecule is C=C1C(=O)OC2CC3(C)C(=C(COC(C)=O)C(OC(C)=O)CC3O)C(OC(=O)C(C)=CC)C12. The molecular weight excluding hydrogens is 432 g/mol. The van der Waals surface area contributed by atoms with Gasteiger partial charge in [0.15, 0.2) is 0 Å². The van der Waals surface area contributed by atoms with Gasteiger partial charge >= 0.3 is 23.9 Å². The van der Waals surface area contributed by atoms with Gasteiger partial charge in [0, 0.05) is 42.4 Å². The van der Waals surface area contributed by atoms with E-state index < -0.39 is 59.6 Å². The van der Waals surface area contributed by atoms with E-state index in [4.69, 9.17) is 18.9 Å². The number of aliphatic hydroxyl groups excluding tert-OH is 1. The number of allylic oxidation sites excluding steroid dienone is 1. The Balaban J connectivity index is 2.22. The molecule has 180 valence electrons. The molecule has 9 heteroatoms. The summed E-state index contributed by atoms with van der Waals surface area (Å²) in [5, 5.41) is 11.2. The largest absolute Gasteiger partial charge is 0.461 e. The monoisotopic (exact) mass is 462 g/mol. The minimum atomic E-state index is -1.03. The van der Waals surface area contributed by atoms with Crippen LogP contribution in [0.25, 0.3) is 0 Å². The second kappa shape index (κ2) is 9.13. The topological polar surface area (TPSA) is 125 Å². The van der Waals surface area contributed by atoms with E-state index in [9.17, 15) is 24.3 Å². The summed E-state index contributed by atoms with van der Waals surface area (Å²) in [4.78, 5) is 48.6. The first-order chi connectivity index (χ1) is 15.4. The highest BCUT2D eigenvalue weighted by molar-refractivity contribution is 5.92. The fraction of sp³-hybridized carbons (Fsp3) is 0.583. The molecule has 0 bridgehead atoms. The first kappa shape index (κ1) is 24.7. The summed E-state index contributed by atoms with van der Waals surface area (Å²) in [5.41, 5.74) is 0.403. The maximum atomic E-state index is 12.8. The Hall–Kier alpha value is -2.94. The molecule has 1 N–H and O–H groups in total. The van der Waals surface area contributed by atoms with Crippen LogP contribution in [0.15, 0.2) is 34.9 Å². The van der Waals surface area contributed by atoms with Crippen LogP contribution in [-0.2, 0) is 38.1 Å². The number of fused-ring (bicyclic) bond motifs is 2. The van der Waals surface area contributed by atoms with Gasteiger partial charge in [-0.3, -0.25) is 9.59 Å². The van der Waals surface area contributed by atoms with Crippen molar-refractivity contribution >= 4 is 23.9 Å². The van der Waals surface area contributed by atoms with Crippen molar-refractivity contribution < 1.29 is 43.2 Å². The Bertz CT molecular complexity index is 959. The van der Waals surface area contributed by atoms with Crippen molar-refractivity contribution in [3.8, 4) is 0 Å². The number of hydrogen-bond acceptors (Lipinski definition) is 9. The summed E-state index contributed by atoms with van der Waals surface area (Å²) < 4.78 is 22.1. The quantitative estimate of drug-likeness (QED) is 0.282. The summed E-state index contributed by atoms with van der Waals surface area (Å²) >= 11 is 0. The number of aliphatic hydroxyl groups is 1. The van der Waals surface area contributed by atoms with Crippen LogP contribution in [0.5, 0.6) is 0 Å². The molecule has 1 saturated heterocycles. The van der Waals surface area contributed by atoms with Crippen molar-refractivity contribution in [3.05, 3.63) is 34.9 Å². The van der Waals surface area contributed by atoms with Crippen LogP contribution < -0.4 is 0 Å². The molecule has 33 heavy (non-hydrogen) atoms. The number of hydrogen-bond donors (Lipinski definition) is 1. The zero-order valence-electron chi connectivity index (χ0n) is 19.5. The highest BCUT2D eigenvalue weighted by Crippen LogP contribution is 2.56. The first-order valence-electron chi connectivity index (χ1n) is 10.9. The van der Waals surface area contributed by atoms with Gasteiger partial charge in [0.1, 0.15) is 24.9 Å². The van der Waals surface area contributed by atoms with Gasteiger partial charge in [0.05, 0.1) is 12.0 Å². The van der Waals surface area contributed by atoms with Crippen LogP contribution >= 0.6 is 0 Å². The van der Waals surface area contributed by atoms with E-state index >= 15 is 0 Å². The molecule has 1 heterocycles. The molecule has 6 atom stereocenters. The van der Waals surface area contributed by atoms with E-state index in [2.05, 4.69) is 6.58 Å². The number of rotatable bonds is 5. The zero-order valence-corrected chi connectivity index (χ0v) is 19.5. The van der Waals surface area contributed by atoms with Gasteiger partial charge in [0.2, 0.25) is 0 Å². The van der Waals surface area contributed by atoms with Crippen LogP contribution in [0.3, 0.4) is 0 Å². The zero-order chi connectivity index (χ0) is 24.7. The van der Waals surface area contributed by atoms with Crippen LogP contribution in [0.4, 0.5) is 0 Å². The molecule has 1 saturated carbocycles. The van der Waals surface area contributed by atoms with Crippen molar-refractivity contribution in [1.29, 1.82) is 0 Å². The lowest BCUT2D eigenvalue weighted by Crippen LogP contribution is -2.56. The average Bonchev–Trinajstić information content (AvgIpc) is 3.00. The minimum absolute atomic E-state index is 0.0526. The molecule has 1 aliphatic heterocycles. The van der Waals surface area contributed by atoms with Crippen LogP contribution in [-0.4, -0.2) is 60.0 Å². The lowest BCUT2D eigenvalue weighted by molar-refractivity contribution is -0.160. The lowest BCUT2D eigenvalue weighted by atomic mass is 9.57. The number of carbonyl (C=O) groups is 4. The molecular formula is C24H30O9. The molecule has 2 fully saturated rings. The second-order valence-electron chi connectivity index (χ2n) is 8.98. The molecule has 9 nitrogen and oxygen atoms in total. The van der Waals surface area contributed by atoms with Crippen molar-refractivity contribution in [1.82, 2.24) is 0 Å². The molecule has 3 aliphatic rings. The van der Waals surface area contributed by atoms with Gasteiger partial charge < -0.3 is 24.1 Å². The summed E-state index contributed by atoms with van der Waals surface area (Å²) in [7, 11) is 0. The standard InChI is InChI=1S/C24H30O9/c1-7-11(2)22(28)33-21-19-12(3)23(29)32-17(19)9-24(6)18(27)8-16(31-14(5)26)15(20(21)24)10-30-13(4)25/h7,16-19,21,27H,3,8-10H2,1-2,4-6H3. The van der Waals surface area contributed by atoms with Gasteiger partial charge in [-0.2, -0.15) is 0 Å². The Morgan fingerprint density at radius 1 is 1.21 bits per heavy atom. The predicted molar refractivity (Wildman–Crippen MR) is 114 cm³/mol. The maximum Gasteiger partial charge on any atom is 0.334 e. The number of carbonyl (C=O) groups excluding carboxylic acids is 4. The molecule has 0 aromatic heterocycles. The fourth-order valence-corrected chi connectivity index (χ4v) is 5.00. The Morgan fingerprint density at radius 3 is 2.45 bits per heavy atom. The van der Waals surface area contributed by atoms with Crippen molar-refractivity contribution in [2.24, 2.45) is 11.3 Å². The van der Waals surface area contributed by atoms with Crippen molar-refractivity contribution in [2.45, 2.75) is 71.9 Å². The molecule has 3 rings (SSSR count). The smallest absolute Gasteiger partial charge is 0.334 e. The highest BCUT2D eigenvalue weighted by Gasteiger charge is 2.61. The van der Waals surface area contributed by atoms with Crippen molar-refractivity contribution in [3.63, 3.8) is 0 Å². The number of esters is 4. The van der Waals surface area contributed by atoms with Crippen molar-refractivity contribution in [2.75, 3.05) is 6.61 Å². The summed E-state index contributed by atoms with van der Waals surface area (Å²) in [6.07, 6.45) is -1.70. The fourth-order valence-electron chi connectivity index (χ4n) is 5.00. The van der Waals surface area contributed by atoms with Crippen LogP contribution in [0.2, 0.25) is 0 Å². The summed E-state index contributed by atoms with van der Waals surface area (Å²) in [6, 6.07) is 0. The van der Waals surface area contributed by atoms with Gasteiger partial charge in [-0.05, 0) is 25.8 Å². The van der Waals surface area contributed by atoms with E-state index in [0.717, 1.165) is 0 Å². The van der Waals surface area contributed by atoms with E-state index in [1.165, 1.54) is 13.8 Å². The molecule has 0 spiro atoms.